The van der Waals surface area contributed by atoms with Crippen molar-refractivity contribution in [2.75, 3.05) is 33.2 Å². The number of likely N-dealkylation sites (tertiary alicyclic amines) is 1. The predicted molar refractivity (Wildman–Crippen MR) is 98.2 cm³/mol. The Labute approximate surface area is 143 Å². The van der Waals surface area contributed by atoms with Gasteiger partial charge in [0, 0.05) is 42.3 Å². The van der Waals surface area contributed by atoms with Crippen molar-refractivity contribution in [1.82, 2.24) is 14.8 Å². The summed E-state index contributed by atoms with van der Waals surface area (Å²) in [4.78, 5) is 14.9. The Morgan fingerprint density at radius 3 is 3.04 bits per heavy atom. The first-order valence-corrected chi connectivity index (χ1v) is 8.95. The number of amides is 1. The maximum Gasteiger partial charge on any atom is 0.253 e. The van der Waals surface area contributed by atoms with Gasteiger partial charge in [-0.15, -0.1) is 0 Å². The van der Waals surface area contributed by atoms with Gasteiger partial charge in [-0.3, -0.25) is 4.79 Å². The number of benzene rings is 1. The van der Waals surface area contributed by atoms with Gasteiger partial charge in [0.1, 0.15) is 0 Å². The summed E-state index contributed by atoms with van der Waals surface area (Å²) in [6.07, 6.45) is 5.34. The minimum absolute atomic E-state index is 0.160. The minimum Gasteiger partial charge on any atom is -0.347 e. The van der Waals surface area contributed by atoms with E-state index in [4.69, 9.17) is 5.73 Å². The number of piperidine rings is 1. The number of carbonyl (C=O) groups excluding carboxylic acids is 1. The van der Waals surface area contributed by atoms with Gasteiger partial charge in [-0.1, -0.05) is 0 Å². The number of carbonyl (C=O) groups is 1. The van der Waals surface area contributed by atoms with Gasteiger partial charge in [-0.2, -0.15) is 0 Å². The number of hydrogen-bond acceptors (Lipinski definition) is 3. The molecule has 0 bridgehead atoms. The van der Waals surface area contributed by atoms with Crippen LogP contribution in [0, 0.1) is 5.92 Å². The molecule has 0 radical (unpaired) electrons. The van der Waals surface area contributed by atoms with Crippen molar-refractivity contribution in [1.29, 1.82) is 0 Å². The van der Waals surface area contributed by atoms with Crippen molar-refractivity contribution >= 4 is 16.8 Å². The maximum absolute atomic E-state index is 12.9. The number of hydrogen-bond donors (Lipinski definition) is 2. The first-order chi connectivity index (χ1) is 11.7. The van der Waals surface area contributed by atoms with Crippen LogP contribution in [0.4, 0.5) is 0 Å². The molecule has 1 aromatic heterocycles. The highest BCUT2D eigenvalue weighted by Gasteiger charge is 2.24. The zero-order valence-electron chi connectivity index (χ0n) is 14.5. The molecule has 1 aliphatic rings. The van der Waals surface area contributed by atoms with Crippen LogP contribution in [0.1, 0.15) is 29.6 Å². The van der Waals surface area contributed by atoms with E-state index in [0.29, 0.717) is 12.5 Å². The number of nitrogens with two attached hydrogens (primary N) is 1. The smallest absolute Gasteiger partial charge is 0.253 e. The number of nitrogens with one attached hydrogen (secondary N) is 1. The number of aryl methyl sites for hydroxylation is 1. The maximum atomic E-state index is 12.9. The first kappa shape index (κ1) is 17.0. The summed E-state index contributed by atoms with van der Waals surface area (Å²) in [5.74, 6) is 0.723. The second-order valence-electron chi connectivity index (χ2n) is 6.74. The summed E-state index contributed by atoms with van der Waals surface area (Å²) < 4.78 is 2.21. The van der Waals surface area contributed by atoms with E-state index in [-0.39, 0.29) is 5.91 Å². The van der Waals surface area contributed by atoms with Crippen LogP contribution in [0.2, 0.25) is 0 Å². The van der Waals surface area contributed by atoms with Crippen molar-refractivity contribution in [3.8, 4) is 0 Å². The molecule has 2 aromatic rings. The molecule has 1 atom stereocenters. The summed E-state index contributed by atoms with van der Waals surface area (Å²) in [5.41, 5.74) is 7.57. The lowest BCUT2D eigenvalue weighted by Gasteiger charge is -2.32. The molecule has 5 heteroatoms. The van der Waals surface area contributed by atoms with E-state index in [1.54, 1.807) is 0 Å². The Morgan fingerprint density at radius 1 is 1.38 bits per heavy atom. The topological polar surface area (TPSA) is 63.3 Å². The van der Waals surface area contributed by atoms with E-state index in [1.807, 2.05) is 24.1 Å². The largest absolute Gasteiger partial charge is 0.347 e. The highest BCUT2D eigenvalue weighted by molar-refractivity contribution is 5.98. The number of fused-ring (bicyclic) bond motifs is 1. The Kier molecular flexibility index (Phi) is 5.53. The first-order valence-electron chi connectivity index (χ1n) is 8.95. The minimum atomic E-state index is 0.160. The highest BCUT2D eigenvalue weighted by atomic mass is 16.2. The van der Waals surface area contributed by atoms with E-state index in [2.05, 4.69) is 28.2 Å². The second kappa shape index (κ2) is 7.81. The lowest BCUT2D eigenvalue weighted by molar-refractivity contribution is 0.0674. The molecule has 130 valence electrons. The van der Waals surface area contributed by atoms with Gasteiger partial charge in [0.25, 0.3) is 5.91 Å². The summed E-state index contributed by atoms with van der Waals surface area (Å²) in [5, 5.41) is 4.36. The number of rotatable bonds is 6. The Hall–Kier alpha value is -1.85. The van der Waals surface area contributed by atoms with Crippen LogP contribution < -0.4 is 11.1 Å². The molecule has 0 aliphatic carbocycles. The lowest BCUT2D eigenvalue weighted by atomic mass is 9.97. The van der Waals surface area contributed by atoms with Gasteiger partial charge < -0.3 is 20.5 Å². The lowest BCUT2D eigenvalue weighted by Crippen LogP contribution is -2.42. The van der Waals surface area contributed by atoms with Gasteiger partial charge in [-0.25, -0.2) is 0 Å². The average molecular weight is 328 g/mol. The molecule has 1 aliphatic heterocycles. The highest BCUT2D eigenvalue weighted by Crippen LogP contribution is 2.22. The normalized spacial score (nSPS) is 18.2. The van der Waals surface area contributed by atoms with Crippen LogP contribution >= 0.6 is 0 Å². The molecule has 3 rings (SSSR count). The summed E-state index contributed by atoms with van der Waals surface area (Å²) >= 11 is 0. The molecular weight excluding hydrogens is 300 g/mol. The molecule has 1 unspecified atom stereocenters. The van der Waals surface area contributed by atoms with E-state index in [9.17, 15) is 4.79 Å². The van der Waals surface area contributed by atoms with E-state index in [0.717, 1.165) is 50.0 Å². The van der Waals surface area contributed by atoms with Crippen LogP contribution in [0.5, 0.6) is 0 Å². The van der Waals surface area contributed by atoms with Crippen molar-refractivity contribution < 1.29 is 4.79 Å². The molecule has 1 fully saturated rings. The molecule has 1 amide bonds. The Balaban J connectivity index is 1.75. The molecule has 1 saturated heterocycles. The SMILES string of the molecule is CNCC1CCCN(C(=O)c2ccc3c(ccn3CCCN)c2)C1. The zero-order chi connectivity index (χ0) is 16.9. The monoisotopic (exact) mass is 328 g/mol. The molecule has 5 nitrogen and oxygen atoms in total. The van der Waals surface area contributed by atoms with Crippen molar-refractivity contribution in [3.05, 3.63) is 36.0 Å². The van der Waals surface area contributed by atoms with Gasteiger partial charge in [0.2, 0.25) is 0 Å². The van der Waals surface area contributed by atoms with E-state index >= 15 is 0 Å². The van der Waals surface area contributed by atoms with Crippen LogP contribution in [0.15, 0.2) is 30.5 Å². The fourth-order valence-electron chi connectivity index (χ4n) is 3.68. The quantitative estimate of drug-likeness (QED) is 0.853. The van der Waals surface area contributed by atoms with Crippen LogP contribution in [0.25, 0.3) is 10.9 Å². The Morgan fingerprint density at radius 2 is 2.25 bits per heavy atom. The third-order valence-corrected chi connectivity index (χ3v) is 4.92. The average Bonchev–Trinajstić information content (AvgIpc) is 3.02. The van der Waals surface area contributed by atoms with Gasteiger partial charge in [0.05, 0.1) is 0 Å². The van der Waals surface area contributed by atoms with Crippen LogP contribution in [-0.4, -0.2) is 48.6 Å². The summed E-state index contributed by atoms with van der Waals surface area (Å²) in [6.45, 7) is 4.32. The van der Waals surface area contributed by atoms with Crippen molar-refractivity contribution in [2.24, 2.45) is 11.7 Å². The predicted octanol–water partition coefficient (Wildman–Crippen LogP) is 2.06. The van der Waals surface area contributed by atoms with Crippen LogP contribution in [0.3, 0.4) is 0 Å². The number of aromatic nitrogens is 1. The van der Waals surface area contributed by atoms with Gasteiger partial charge >= 0.3 is 0 Å². The van der Waals surface area contributed by atoms with Gasteiger partial charge in [0.15, 0.2) is 0 Å². The van der Waals surface area contributed by atoms with Crippen molar-refractivity contribution in [3.63, 3.8) is 0 Å². The molecular formula is C19H28N4O. The molecule has 1 aromatic carbocycles. The van der Waals surface area contributed by atoms with E-state index in [1.165, 1.54) is 11.9 Å². The Bertz CT molecular complexity index is 692. The standard InChI is InChI=1S/C19H28N4O/c1-21-13-15-4-2-9-23(14-15)19(24)17-5-6-18-16(12-17)7-11-22(18)10-3-8-20/h5-7,11-12,15,21H,2-4,8-10,13-14,20H2,1H3. The third-order valence-electron chi connectivity index (χ3n) is 4.92. The summed E-state index contributed by atoms with van der Waals surface area (Å²) in [6, 6.07) is 8.14. The van der Waals surface area contributed by atoms with Gasteiger partial charge in [-0.05, 0) is 69.6 Å². The molecule has 24 heavy (non-hydrogen) atoms. The van der Waals surface area contributed by atoms with E-state index < -0.39 is 0 Å². The second-order valence-corrected chi connectivity index (χ2v) is 6.74. The van der Waals surface area contributed by atoms with Crippen LogP contribution in [-0.2, 0) is 6.54 Å². The molecule has 2 heterocycles. The zero-order valence-corrected chi connectivity index (χ0v) is 14.5. The molecule has 3 N–H and O–H groups in total. The molecule has 0 spiro atoms. The number of nitrogens with zero attached hydrogens (tertiary/aromatic N) is 2. The van der Waals surface area contributed by atoms with Crippen molar-refractivity contribution in [2.45, 2.75) is 25.8 Å². The fourth-order valence-corrected chi connectivity index (χ4v) is 3.68. The third kappa shape index (κ3) is 3.62. The fraction of sp³-hybridized carbons (Fsp3) is 0.526. The summed E-state index contributed by atoms with van der Waals surface area (Å²) in [7, 11) is 1.98. The molecule has 0 saturated carbocycles.